The Hall–Kier alpha value is -0.320. The third-order valence-corrected chi connectivity index (χ3v) is 3.96. The molecule has 5 heteroatoms. The van der Waals surface area contributed by atoms with Gasteiger partial charge in [0.2, 0.25) is 0 Å². The molecule has 0 bridgehead atoms. The Morgan fingerprint density at radius 3 is 2.89 bits per heavy atom. The highest BCUT2D eigenvalue weighted by Gasteiger charge is 2.22. The third kappa shape index (κ3) is 3.59. The second-order valence-electron chi connectivity index (χ2n) is 4.53. The molecule has 0 aromatic heterocycles. The Labute approximate surface area is 118 Å². The minimum Gasteiger partial charge on any atom is -0.378 e. The van der Waals surface area contributed by atoms with Crippen molar-refractivity contribution in [2.24, 2.45) is 5.73 Å². The van der Waals surface area contributed by atoms with Crippen molar-refractivity contribution < 1.29 is 4.74 Å². The number of nitrogens with two attached hydrogens (primary N) is 1. The molecule has 18 heavy (non-hydrogen) atoms. The van der Waals surface area contributed by atoms with Crippen LogP contribution in [0.4, 0.5) is 0 Å². The fourth-order valence-corrected chi connectivity index (χ4v) is 2.55. The van der Waals surface area contributed by atoms with Crippen molar-refractivity contribution in [1.29, 1.82) is 0 Å². The maximum Gasteiger partial charge on any atom is 0.0623 e. The van der Waals surface area contributed by atoms with Crippen molar-refractivity contribution in [2.75, 3.05) is 26.3 Å². The van der Waals surface area contributed by atoms with Crippen LogP contribution in [0.3, 0.4) is 0 Å². The SMILES string of the molecule is NCCC1COCCN1Cc1ccc(Cl)c(Cl)c1. The summed E-state index contributed by atoms with van der Waals surface area (Å²) in [6.45, 7) is 4.03. The molecule has 2 N–H and O–H groups in total. The van der Waals surface area contributed by atoms with E-state index >= 15 is 0 Å². The zero-order valence-electron chi connectivity index (χ0n) is 10.2. The van der Waals surface area contributed by atoms with Gasteiger partial charge < -0.3 is 10.5 Å². The summed E-state index contributed by atoms with van der Waals surface area (Å²) in [5.41, 5.74) is 6.81. The normalized spacial score (nSPS) is 21.2. The van der Waals surface area contributed by atoms with E-state index in [2.05, 4.69) is 4.90 Å². The Balaban J connectivity index is 2.03. The summed E-state index contributed by atoms with van der Waals surface area (Å²) in [4.78, 5) is 2.40. The summed E-state index contributed by atoms with van der Waals surface area (Å²) in [6, 6.07) is 6.19. The standard InChI is InChI=1S/C13H18Cl2N2O/c14-12-2-1-10(7-13(12)15)8-17-5-6-18-9-11(17)3-4-16/h1-2,7,11H,3-6,8-9,16H2. The van der Waals surface area contributed by atoms with E-state index < -0.39 is 0 Å². The molecule has 0 radical (unpaired) electrons. The molecule has 1 heterocycles. The molecule has 1 fully saturated rings. The van der Waals surface area contributed by atoms with Gasteiger partial charge in [-0.3, -0.25) is 4.90 Å². The van der Waals surface area contributed by atoms with Crippen molar-refractivity contribution in [3.05, 3.63) is 33.8 Å². The molecule has 3 nitrogen and oxygen atoms in total. The maximum atomic E-state index is 6.03. The van der Waals surface area contributed by atoms with E-state index in [1.54, 1.807) is 0 Å². The molecule has 1 aromatic carbocycles. The minimum atomic E-state index is 0.401. The summed E-state index contributed by atoms with van der Waals surface area (Å²) >= 11 is 12.0. The van der Waals surface area contributed by atoms with Crippen LogP contribution in [0.25, 0.3) is 0 Å². The number of hydrogen-bond donors (Lipinski definition) is 1. The third-order valence-electron chi connectivity index (χ3n) is 3.22. The van der Waals surface area contributed by atoms with Crippen LogP contribution in [0.5, 0.6) is 0 Å². The monoisotopic (exact) mass is 288 g/mol. The summed E-state index contributed by atoms with van der Waals surface area (Å²) in [6.07, 6.45) is 0.960. The lowest BCUT2D eigenvalue weighted by molar-refractivity contribution is -0.0135. The van der Waals surface area contributed by atoms with Gasteiger partial charge in [-0.15, -0.1) is 0 Å². The number of ether oxygens (including phenoxy) is 1. The van der Waals surface area contributed by atoms with E-state index in [0.29, 0.717) is 22.6 Å². The number of morpholine rings is 1. The molecule has 2 rings (SSSR count). The van der Waals surface area contributed by atoms with Crippen LogP contribution in [0.2, 0.25) is 10.0 Å². The average molecular weight is 289 g/mol. The lowest BCUT2D eigenvalue weighted by Gasteiger charge is -2.35. The van der Waals surface area contributed by atoms with E-state index in [-0.39, 0.29) is 0 Å². The molecule has 1 unspecified atom stereocenters. The first-order valence-corrected chi connectivity index (χ1v) is 6.92. The van der Waals surface area contributed by atoms with E-state index in [1.165, 1.54) is 5.56 Å². The Kier molecular flexibility index (Phi) is 5.27. The van der Waals surface area contributed by atoms with Gasteiger partial charge in [0.15, 0.2) is 0 Å². The van der Waals surface area contributed by atoms with E-state index in [1.807, 2.05) is 18.2 Å². The van der Waals surface area contributed by atoms with Gasteiger partial charge in [-0.2, -0.15) is 0 Å². The van der Waals surface area contributed by atoms with Crippen molar-refractivity contribution in [1.82, 2.24) is 4.90 Å². The molecule has 0 aliphatic carbocycles. The quantitative estimate of drug-likeness (QED) is 0.925. The van der Waals surface area contributed by atoms with Crippen molar-refractivity contribution in [2.45, 2.75) is 19.0 Å². The topological polar surface area (TPSA) is 38.5 Å². The van der Waals surface area contributed by atoms with Crippen molar-refractivity contribution in [3.63, 3.8) is 0 Å². The van der Waals surface area contributed by atoms with Gasteiger partial charge in [-0.05, 0) is 30.7 Å². The van der Waals surface area contributed by atoms with Crippen molar-refractivity contribution >= 4 is 23.2 Å². The number of benzene rings is 1. The minimum absolute atomic E-state index is 0.401. The Morgan fingerprint density at radius 2 is 2.17 bits per heavy atom. The van der Waals surface area contributed by atoms with Crippen LogP contribution in [-0.2, 0) is 11.3 Å². The second-order valence-corrected chi connectivity index (χ2v) is 5.34. The van der Waals surface area contributed by atoms with Crippen LogP contribution in [-0.4, -0.2) is 37.2 Å². The van der Waals surface area contributed by atoms with Gasteiger partial charge in [0.25, 0.3) is 0 Å². The molecule has 100 valence electrons. The summed E-state index contributed by atoms with van der Waals surface area (Å²) < 4.78 is 5.50. The molecular weight excluding hydrogens is 271 g/mol. The molecule has 1 aliphatic rings. The zero-order valence-corrected chi connectivity index (χ0v) is 11.8. The molecule has 1 aromatic rings. The van der Waals surface area contributed by atoms with Gasteiger partial charge in [0, 0.05) is 19.1 Å². The summed E-state index contributed by atoms with van der Waals surface area (Å²) in [5.74, 6) is 0. The molecule has 1 atom stereocenters. The molecule has 1 aliphatic heterocycles. The highest BCUT2D eigenvalue weighted by Crippen LogP contribution is 2.24. The summed E-state index contributed by atoms with van der Waals surface area (Å²) in [7, 11) is 0. The van der Waals surface area contributed by atoms with Crippen molar-refractivity contribution in [3.8, 4) is 0 Å². The summed E-state index contributed by atoms with van der Waals surface area (Å²) in [5, 5.41) is 1.21. The largest absolute Gasteiger partial charge is 0.378 e. The highest BCUT2D eigenvalue weighted by molar-refractivity contribution is 6.42. The van der Waals surface area contributed by atoms with Crippen LogP contribution in [0, 0.1) is 0 Å². The first-order valence-electron chi connectivity index (χ1n) is 6.16. The fourth-order valence-electron chi connectivity index (χ4n) is 2.23. The molecule has 0 saturated carbocycles. The zero-order chi connectivity index (χ0) is 13.0. The second kappa shape index (κ2) is 6.73. The molecule has 0 amide bonds. The predicted molar refractivity (Wildman–Crippen MR) is 75.2 cm³/mol. The van der Waals surface area contributed by atoms with E-state index in [9.17, 15) is 0 Å². The van der Waals surface area contributed by atoms with Crippen LogP contribution in [0.15, 0.2) is 18.2 Å². The Bertz CT molecular complexity index is 399. The lowest BCUT2D eigenvalue weighted by atomic mass is 10.1. The molecule has 1 saturated heterocycles. The lowest BCUT2D eigenvalue weighted by Crippen LogP contribution is -2.45. The van der Waals surface area contributed by atoms with Crippen LogP contribution in [0.1, 0.15) is 12.0 Å². The molecule has 0 spiro atoms. The molecular formula is C13H18Cl2N2O. The fraction of sp³-hybridized carbons (Fsp3) is 0.538. The highest BCUT2D eigenvalue weighted by atomic mass is 35.5. The van der Waals surface area contributed by atoms with Crippen LogP contribution < -0.4 is 5.73 Å². The van der Waals surface area contributed by atoms with Gasteiger partial charge in [-0.1, -0.05) is 29.3 Å². The van der Waals surface area contributed by atoms with Crippen LogP contribution >= 0.6 is 23.2 Å². The van der Waals surface area contributed by atoms with Gasteiger partial charge in [-0.25, -0.2) is 0 Å². The number of nitrogens with zero attached hydrogens (tertiary/aromatic N) is 1. The Morgan fingerprint density at radius 1 is 1.33 bits per heavy atom. The van der Waals surface area contributed by atoms with E-state index in [0.717, 1.165) is 32.7 Å². The first-order chi connectivity index (χ1) is 8.70. The average Bonchev–Trinajstić information content (AvgIpc) is 2.37. The first kappa shape index (κ1) is 14.1. The van der Waals surface area contributed by atoms with Gasteiger partial charge in [0.1, 0.15) is 0 Å². The van der Waals surface area contributed by atoms with Gasteiger partial charge in [0.05, 0.1) is 23.3 Å². The predicted octanol–water partition coefficient (Wildman–Crippen LogP) is 2.54. The van der Waals surface area contributed by atoms with Gasteiger partial charge >= 0.3 is 0 Å². The number of halogens is 2. The van der Waals surface area contributed by atoms with E-state index in [4.69, 9.17) is 33.7 Å². The number of hydrogen-bond acceptors (Lipinski definition) is 3. The number of rotatable bonds is 4. The smallest absolute Gasteiger partial charge is 0.0623 e. The maximum absolute atomic E-state index is 6.03.